The first kappa shape index (κ1) is 12.7. The Morgan fingerprint density at radius 1 is 1.26 bits per heavy atom. The number of carbonyl (C=O) groups excluding carboxylic acids is 1. The number of hydrogen-bond donors (Lipinski definition) is 1. The lowest BCUT2D eigenvalue weighted by Crippen LogP contribution is -2.49. The van der Waals surface area contributed by atoms with Gasteiger partial charge in [-0.25, -0.2) is 0 Å². The SMILES string of the molecule is CC1CN(C(=O)C2C3C=CC(C3)C2C(=O)O)CCO1. The molecule has 2 aliphatic carbocycles. The van der Waals surface area contributed by atoms with Crippen molar-refractivity contribution in [1.82, 2.24) is 4.90 Å². The minimum Gasteiger partial charge on any atom is -0.481 e. The maximum atomic E-state index is 12.6. The van der Waals surface area contributed by atoms with Crippen LogP contribution in [0.4, 0.5) is 0 Å². The van der Waals surface area contributed by atoms with Crippen molar-refractivity contribution in [1.29, 1.82) is 0 Å². The number of carbonyl (C=O) groups is 2. The summed E-state index contributed by atoms with van der Waals surface area (Å²) in [6.45, 7) is 3.63. The molecule has 5 heteroatoms. The van der Waals surface area contributed by atoms with Gasteiger partial charge in [-0.2, -0.15) is 0 Å². The second-order valence-electron chi connectivity index (χ2n) is 5.80. The van der Waals surface area contributed by atoms with Crippen LogP contribution >= 0.6 is 0 Å². The van der Waals surface area contributed by atoms with Crippen molar-refractivity contribution < 1.29 is 19.4 Å². The molecule has 1 saturated carbocycles. The number of hydrogen-bond acceptors (Lipinski definition) is 3. The molecule has 0 aromatic heterocycles. The zero-order chi connectivity index (χ0) is 13.6. The summed E-state index contributed by atoms with van der Waals surface area (Å²) in [5.74, 6) is -1.61. The van der Waals surface area contributed by atoms with Crippen LogP contribution in [0, 0.1) is 23.7 Å². The van der Waals surface area contributed by atoms with Crippen LogP contribution in [0.25, 0.3) is 0 Å². The molecule has 3 rings (SSSR count). The van der Waals surface area contributed by atoms with Crippen LogP contribution in [0.5, 0.6) is 0 Å². The van der Waals surface area contributed by atoms with E-state index in [0.29, 0.717) is 19.7 Å². The molecular weight excluding hydrogens is 246 g/mol. The lowest BCUT2D eigenvalue weighted by molar-refractivity contribution is -0.154. The molecule has 5 atom stereocenters. The van der Waals surface area contributed by atoms with Gasteiger partial charge in [0.25, 0.3) is 0 Å². The van der Waals surface area contributed by atoms with Gasteiger partial charge in [-0.05, 0) is 25.2 Å². The molecule has 2 fully saturated rings. The molecule has 19 heavy (non-hydrogen) atoms. The van der Waals surface area contributed by atoms with E-state index in [2.05, 4.69) is 0 Å². The maximum absolute atomic E-state index is 12.6. The molecule has 104 valence electrons. The Morgan fingerprint density at radius 2 is 1.95 bits per heavy atom. The normalized spacial score (nSPS) is 40.7. The number of allylic oxidation sites excluding steroid dienone is 2. The molecule has 0 aromatic rings. The van der Waals surface area contributed by atoms with Gasteiger partial charge in [-0.15, -0.1) is 0 Å². The number of morpholine rings is 1. The summed E-state index contributed by atoms with van der Waals surface area (Å²) >= 11 is 0. The largest absolute Gasteiger partial charge is 0.481 e. The Bertz CT molecular complexity index is 433. The van der Waals surface area contributed by atoms with Crippen molar-refractivity contribution in [3.63, 3.8) is 0 Å². The van der Waals surface area contributed by atoms with Crippen molar-refractivity contribution in [2.24, 2.45) is 23.7 Å². The third kappa shape index (κ3) is 2.06. The Hall–Kier alpha value is -1.36. The van der Waals surface area contributed by atoms with Crippen LogP contribution in [0.2, 0.25) is 0 Å². The molecule has 0 aromatic carbocycles. The van der Waals surface area contributed by atoms with Gasteiger partial charge in [0.1, 0.15) is 0 Å². The fourth-order valence-electron chi connectivity index (χ4n) is 3.72. The number of carboxylic acid groups (broad SMARTS) is 1. The first-order valence-corrected chi connectivity index (χ1v) is 6.89. The third-order valence-corrected chi connectivity index (χ3v) is 4.58. The van der Waals surface area contributed by atoms with Gasteiger partial charge in [0.05, 0.1) is 24.5 Å². The number of nitrogens with zero attached hydrogens (tertiary/aromatic N) is 1. The Morgan fingerprint density at radius 3 is 2.58 bits per heavy atom. The Kier molecular flexibility index (Phi) is 3.09. The standard InChI is InChI=1S/C14H19NO4/c1-8-7-15(4-5-19-8)13(16)11-9-2-3-10(6-9)12(11)14(17)18/h2-3,8-12H,4-7H2,1H3,(H,17,18). The molecular formula is C14H19NO4. The summed E-state index contributed by atoms with van der Waals surface area (Å²) in [6.07, 6.45) is 4.84. The van der Waals surface area contributed by atoms with Crippen LogP contribution in [0.1, 0.15) is 13.3 Å². The number of fused-ring (bicyclic) bond motifs is 2. The monoisotopic (exact) mass is 265 g/mol. The molecule has 5 nitrogen and oxygen atoms in total. The number of rotatable bonds is 2. The molecule has 1 amide bonds. The van der Waals surface area contributed by atoms with E-state index >= 15 is 0 Å². The van der Waals surface area contributed by atoms with Crippen LogP contribution in [-0.2, 0) is 14.3 Å². The van der Waals surface area contributed by atoms with E-state index in [-0.39, 0.29) is 29.8 Å². The highest BCUT2D eigenvalue weighted by Crippen LogP contribution is 2.48. The number of aliphatic carboxylic acids is 1. The zero-order valence-corrected chi connectivity index (χ0v) is 11.0. The quantitative estimate of drug-likeness (QED) is 0.748. The van der Waals surface area contributed by atoms with E-state index < -0.39 is 11.9 Å². The van der Waals surface area contributed by atoms with Gasteiger partial charge in [-0.3, -0.25) is 9.59 Å². The highest BCUT2D eigenvalue weighted by molar-refractivity contribution is 5.87. The van der Waals surface area contributed by atoms with Crippen LogP contribution in [0.3, 0.4) is 0 Å². The molecule has 2 bridgehead atoms. The number of carboxylic acids is 1. The molecule has 5 unspecified atom stereocenters. The summed E-state index contributed by atoms with van der Waals surface area (Å²) < 4.78 is 5.43. The summed E-state index contributed by atoms with van der Waals surface area (Å²) in [6, 6.07) is 0. The molecule has 1 N–H and O–H groups in total. The highest BCUT2D eigenvalue weighted by atomic mass is 16.5. The first-order chi connectivity index (χ1) is 9.08. The van der Waals surface area contributed by atoms with Crippen LogP contribution < -0.4 is 0 Å². The van der Waals surface area contributed by atoms with Crippen LogP contribution in [0.15, 0.2) is 12.2 Å². The highest BCUT2D eigenvalue weighted by Gasteiger charge is 2.52. The van der Waals surface area contributed by atoms with Crippen molar-refractivity contribution in [2.45, 2.75) is 19.4 Å². The number of ether oxygens (including phenoxy) is 1. The first-order valence-electron chi connectivity index (χ1n) is 6.89. The van der Waals surface area contributed by atoms with Gasteiger partial charge in [0.2, 0.25) is 5.91 Å². The topological polar surface area (TPSA) is 66.8 Å². The minimum atomic E-state index is -0.837. The van der Waals surface area contributed by atoms with E-state index in [1.165, 1.54) is 0 Å². The van der Waals surface area contributed by atoms with E-state index in [9.17, 15) is 14.7 Å². The lowest BCUT2D eigenvalue weighted by atomic mass is 9.82. The molecule has 1 saturated heterocycles. The van der Waals surface area contributed by atoms with Crippen molar-refractivity contribution >= 4 is 11.9 Å². The summed E-state index contributed by atoms with van der Waals surface area (Å²) in [4.78, 5) is 25.8. The maximum Gasteiger partial charge on any atom is 0.307 e. The van der Waals surface area contributed by atoms with Gasteiger partial charge in [-0.1, -0.05) is 12.2 Å². The summed E-state index contributed by atoms with van der Waals surface area (Å²) in [5, 5.41) is 9.38. The van der Waals surface area contributed by atoms with Crippen molar-refractivity contribution in [3.8, 4) is 0 Å². The minimum absolute atomic E-state index is 0.000556. The van der Waals surface area contributed by atoms with E-state index in [1.54, 1.807) is 4.90 Å². The predicted molar refractivity (Wildman–Crippen MR) is 67.3 cm³/mol. The fourth-order valence-corrected chi connectivity index (χ4v) is 3.72. The second kappa shape index (κ2) is 4.63. The fraction of sp³-hybridized carbons (Fsp3) is 0.714. The molecule has 3 aliphatic rings. The van der Waals surface area contributed by atoms with Gasteiger partial charge in [0, 0.05) is 13.1 Å². The summed E-state index contributed by atoms with van der Waals surface area (Å²) in [7, 11) is 0. The average Bonchev–Trinajstić information content (AvgIpc) is 2.97. The Balaban J connectivity index is 1.78. The van der Waals surface area contributed by atoms with Crippen molar-refractivity contribution in [3.05, 3.63) is 12.2 Å². The molecule has 0 spiro atoms. The molecule has 1 aliphatic heterocycles. The van der Waals surface area contributed by atoms with Gasteiger partial charge < -0.3 is 14.7 Å². The zero-order valence-electron chi connectivity index (χ0n) is 11.0. The average molecular weight is 265 g/mol. The van der Waals surface area contributed by atoms with Gasteiger partial charge >= 0.3 is 5.97 Å². The summed E-state index contributed by atoms with van der Waals surface area (Å²) in [5.41, 5.74) is 0. The van der Waals surface area contributed by atoms with E-state index in [1.807, 2.05) is 19.1 Å². The molecule has 0 radical (unpaired) electrons. The van der Waals surface area contributed by atoms with Crippen LogP contribution in [-0.4, -0.2) is 47.7 Å². The van der Waals surface area contributed by atoms with Gasteiger partial charge in [0.15, 0.2) is 0 Å². The number of amides is 1. The second-order valence-corrected chi connectivity index (χ2v) is 5.80. The van der Waals surface area contributed by atoms with E-state index in [4.69, 9.17) is 4.74 Å². The smallest absolute Gasteiger partial charge is 0.307 e. The van der Waals surface area contributed by atoms with E-state index in [0.717, 1.165) is 6.42 Å². The third-order valence-electron chi connectivity index (χ3n) is 4.58. The van der Waals surface area contributed by atoms with Crippen molar-refractivity contribution in [2.75, 3.05) is 19.7 Å². The lowest BCUT2D eigenvalue weighted by Gasteiger charge is -2.35. The molecule has 1 heterocycles. The Labute approximate surface area is 112 Å². The predicted octanol–water partition coefficient (Wildman–Crippen LogP) is 0.757.